The van der Waals surface area contributed by atoms with Crippen LogP contribution in [0.2, 0.25) is 0 Å². The van der Waals surface area contributed by atoms with Crippen LogP contribution in [0, 0.1) is 11.8 Å². The van der Waals surface area contributed by atoms with Crippen LogP contribution in [-0.4, -0.2) is 10.9 Å². The molecule has 4 aromatic carbocycles. The number of nitrogens with one attached hydrogen (secondary N) is 1. The highest BCUT2D eigenvalue weighted by Gasteiger charge is 2.24. The number of nitroso groups, excluding NO2 is 1. The van der Waals surface area contributed by atoms with Crippen LogP contribution in [0.25, 0.3) is 43.1 Å². The van der Waals surface area contributed by atoms with E-state index in [2.05, 4.69) is 10.2 Å². The van der Waals surface area contributed by atoms with Crippen molar-refractivity contribution in [3.05, 3.63) is 73.1 Å². The van der Waals surface area contributed by atoms with Crippen molar-refractivity contribution in [2.45, 2.75) is 6.92 Å². The molecule has 6 nitrogen and oxygen atoms in total. The van der Waals surface area contributed by atoms with Crippen molar-refractivity contribution in [2.24, 2.45) is 5.18 Å². The normalized spacial score (nSPS) is 11.9. The van der Waals surface area contributed by atoms with Crippen LogP contribution in [0.3, 0.4) is 0 Å². The smallest absolute Gasteiger partial charge is 0.288 e. The molecule has 0 fully saturated rings. The van der Waals surface area contributed by atoms with E-state index in [0.717, 1.165) is 10.8 Å². The lowest BCUT2D eigenvalue weighted by molar-refractivity contribution is 0.100. The van der Waals surface area contributed by atoms with E-state index < -0.39 is 17.0 Å². The number of carbonyl (C=O) groups is 1. The molecule has 0 bridgehead atoms. The molecule has 26 heavy (non-hydrogen) atoms. The van der Waals surface area contributed by atoms with Gasteiger partial charge in [0, 0.05) is 5.18 Å². The zero-order valence-electron chi connectivity index (χ0n) is 13.5. The summed E-state index contributed by atoms with van der Waals surface area (Å²) in [5, 5.41) is 7.33. The molecule has 0 saturated carbocycles. The van der Waals surface area contributed by atoms with Crippen molar-refractivity contribution in [3.63, 3.8) is 0 Å². The number of H-pyrrole nitrogens is 1. The van der Waals surface area contributed by atoms with Gasteiger partial charge in [0.05, 0.1) is 16.3 Å². The molecule has 0 aliphatic heterocycles. The third-order valence-corrected chi connectivity index (χ3v) is 5.19. The third-order valence-electron chi connectivity index (χ3n) is 5.19. The molecule has 0 radical (unpaired) electrons. The standard InChI is InChI=1S/C20H10N2O4/c1-8-9-4-2-6-11-14(9)15-10(13(8)20(25)22-26)5-3-7-12(15)17-16(11)18(23)21-19(17)24/h2-7H,1H3,(H,21,23,24). The summed E-state index contributed by atoms with van der Waals surface area (Å²) in [7, 11) is 0. The van der Waals surface area contributed by atoms with E-state index in [4.69, 9.17) is 0 Å². The first-order chi connectivity index (χ1) is 12.5. The van der Waals surface area contributed by atoms with E-state index in [1.165, 1.54) is 0 Å². The molecule has 0 saturated heterocycles. The van der Waals surface area contributed by atoms with Crippen molar-refractivity contribution >= 4 is 49.0 Å². The second kappa shape index (κ2) is 4.70. The van der Waals surface area contributed by atoms with Crippen molar-refractivity contribution in [1.29, 1.82) is 0 Å². The zero-order chi connectivity index (χ0) is 18.2. The quantitative estimate of drug-likeness (QED) is 0.373. The molecule has 1 aromatic heterocycles. The van der Waals surface area contributed by atoms with Crippen LogP contribution in [0.1, 0.15) is 15.9 Å². The topological polar surface area (TPSA) is 96.4 Å². The van der Waals surface area contributed by atoms with Gasteiger partial charge in [0.1, 0.15) is 0 Å². The Morgan fingerprint density at radius 1 is 0.808 bits per heavy atom. The molecule has 0 aliphatic carbocycles. The van der Waals surface area contributed by atoms with Crippen molar-refractivity contribution < 1.29 is 4.79 Å². The number of hydrogen-bond acceptors (Lipinski definition) is 4. The van der Waals surface area contributed by atoms with Crippen LogP contribution < -0.4 is 11.1 Å². The summed E-state index contributed by atoms with van der Waals surface area (Å²) in [5.41, 5.74) is -0.0187. The first-order valence-electron chi connectivity index (χ1n) is 8.01. The van der Waals surface area contributed by atoms with Gasteiger partial charge in [0.25, 0.3) is 11.1 Å². The Bertz CT molecular complexity index is 1510. The highest BCUT2D eigenvalue weighted by atomic mass is 16.3. The van der Waals surface area contributed by atoms with Gasteiger partial charge in [-0.3, -0.25) is 19.4 Å². The zero-order valence-corrected chi connectivity index (χ0v) is 13.5. The second-order valence-corrected chi connectivity index (χ2v) is 6.39. The van der Waals surface area contributed by atoms with E-state index in [1.54, 1.807) is 37.3 Å². The highest BCUT2D eigenvalue weighted by molar-refractivity contribution is 6.36. The average Bonchev–Trinajstić information content (AvgIpc) is 2.95. The monoisotopic (exact) mass is 342 g/mol. The lowest BCUT2D eigenvalue weighted by Gasteiger charge is -2.16. The number of aromatic nitrogens is 1. The molecule has 5 rings (SSSR count). The summed E-state index contributed by atoms with van der Waals surface area (Å²) in [4.78, 5) is 50.3. The SMILES string of the molecule is Cc1c(C(=O)N=O)c2cccc3c4c(=O)[nH]c(=O)c4c4cccc1c4c23. The number of fused-ring (bicyclic) bond motifs is 3. The van der Waals surface area contributed by atoms with Crippen LogP contribution in [-0.2, 0) is 0 Å². The first-order valence-corrected chi connectivity index (χ1v) is 8.01. The van der Waals surface area contributed by atoms with Gasteiger partial charge in [0.15, 0.2) is 0 Å². The minimum absolute atomic E-state index is 0.232. The molecule has 1 heterocycles. The molecule has 0 unspecified atom stereocenters. The number of amides is 1. The van der Waals surface area contributed by atoms with Crippen molar-refractivity contribution in [2.75, 3.05) is 0 Å². The molecular weight excluding hydrogens is 332 g/mol. The van der Waals surface area contributed by atoms with E-state index in [-0.39, 0.29) is 5.56 Å². The maximum atomic E-state index is 12.4. The molecule has 5 aromatic rings. The molecule has 1 N–H and O–H groups in total. The summed E-state index contributed by atoms with van der Waals surface area (Å²) in [6, 6.07) is 10.6. The summed E-state index contributed by atoms with van der Waals surface area (Å²) in [6.07, 6.45) is 0. The minimum Gasteiger partial charge on any atom is -0.288 e. The van der Waals surface area contributed by atoms with Crippen LogP contribution in [0.5, 0.6) is 0 Å². The maximum Gasteiger partial charge on any atom is 0.317 e. The van der Waals surface area contributed by atoms with Crippen LogP contribution >= 0.6 is 0 Å². The number of aromatic amines is 1. The van der Waals surface area contributed by atoms with Gasteiger partial charge in [-0.15, -0.1) is 4.91 Å². The second-order valence-electron chi connectivity index (χ2n) is 6.39. The van der Waals surface area contributed by atoms with Gasteiger partial charge < -0.3 is 0 Å². The fourth-order valence-electron chi connectivity index (χ4n) is 4.21. The van der Waals surface area contributed by atoms with Gasteiger partial charge in [-0.25, -0.2) is 0 Å². The largest absolute Gasteiger partial charge is 0.317 e. The van der Waals surface area contributed by atoms with E-state index in [1.807, 2.05) is 6.07 Å². The van der Waals surface area contributed by atoms with E-state index in [0.29, 0.717) is 37.9 Å². The lowest BCUT2D eigenvalue weighted by Crippen LogP contribution is -2.05. The Balaban J connectivity index is 2.30. The predicted octanol–water partition coefficient (Wildman–Crippen LogP) is 3.44. The fourth-order valence-corrected chi connectivity index (χ4v) is 4.21. The number of carbonyl (C=O) groups excluding carboxylic acids is 1. The highest BCUT2D eigenvalue weighted by Crippen LogP contribution is 2.42. The van der Waals surface area contributed by atoms with E-state index in [9.17, 15) is 19.3 Å². The van der Waals surface area contributed by atoms with E-state index >= 15 is 0 Å². The molecular formula is C20H10N2O4. The summed E-state index contributed by atoms with van der Waals surface area (Å²) in [5.74, 6) is -0.848. The molecule has 1 amide bonds. The Morgan fingerprint density at radius 2 is 1.31 bits per heavy atom. The summed E-state index contributed by atoms with van der Waals surface area (Å²) < 4.78 is 0. The Kier molecular flexibility index (Phi) is 2.65. The number of aryl methyl sites for hydroxylation is 1. The van der Waals surface area contributed by atoms with Crippen molar-refractivity contribution in [3.8, 4) is 0 Å². The van der Waals surface area contributed by atoms with Gasteiger partial charge in [-0.1, -0.05) is 36.4 Å². The summed E-state index contributed by atoms with van der Waals surface area (Å²) >= 11 is 0. The van der Waals surface area contributed by atoms with Gasteiger partial charge in [0.2, 0.25) is 0 Å². The van der Waals surface area contributed by atoms with Crippen molar-refractivity contribution in [1.82, 2.24) is 4.98 Å². The number of nitrogens with zero attached hydrogens (tertiary/aromatic N) is 1. The van der Waals surface area contributed by atoms with Gasteiger partial charge in [-0.05, 0) is 44.8 Å². The maximum absolute atomic E-state index is 12.4. The number of benzene rings is 4. The van der Waals surface area contributed by atoms with Gasteiger partial charge in [-0.2, -0.15) is 0 Å². The van der Waals surface area contributed by atoms with Crippen LogP contribution in [0.4, 0.5) is 0 Å². The average molecular weight is 342 g/mol. The number of hydrogen-bond donors (Lipinski definition) is 1. The molecule has 0 aliphatic rings. The number of rotatable bonds is 1. The minimum atomic E-state index is -0.848. The molecule has 124 valence electrons. The Labute approximate surface area is 144 Å². The Morgan fingerprint density at radius 3 is 1.88 bits per heavy atom. The Hall–Kier alpha value is -3.67. The molecule has 0 spiro atoms. The molecule has 0 atom stereocenters. The van der Waals surface area contributed by atoms with Crippen LogP contribution in [0.15, 0.2) is 51.2 Å². The predicted molar refractivity (Wildman–Crippen MR) is 101 cm³/mol. The lowest BCUT2D eigenvalue weighted by atomic mass is 9.85. The van der Waals surface area contributed by atoms with Gasteiger partial charge >= 0.3 is 5.91 Å². The summed E-state index contributed by atoms with van der Waals surface area (Å²) in [6.45, 7) is 1.76. The molecule has 6 heteroatoms. The first kappa shape index (κ1) is 14.7. The fraction of sp³-hybridized carbons (Fsp3) is 0.0500. The third kappa shape index (κ3) is 1.54.